The van der Waals surface area contributed by atoms with Gasteiger partial charge in [-0.1, -0.05) is 42.1 Å². The van der Waals surface area contributed by atoms with Crippen molar-refractivity contribution in [3.63, 3.8) is 0 Å². The minimum absolute atomic E-state index is 0.0662. The number of alkyl halides is 2. The fourth-order valence-electron chi connectivity index (χ4n) is 2.41. The molecule has 0 unspecified atom stereocenters. The second-order valence-corrected chi connectivity index (χ2v) is 6.20. The molecule has 0 saturated heterocycles. The molecule has 0 aliphatic carbocycles. The number of amides is 1. The van der Waals surface area contributed by atoms with Gasteiger partial charge in [0.25, 0.3) is 0 Å². The molecule has 0 spiro atoms. The number of thioether (sulfide) groups is 1. The van der Waals surface area contributed by atoms with Crippen molar-refractivity contribution in [2.24, 2.45) is 5.73 Å². The van der Waals surface area contributed by atoms with Crippen molar-refractivity contribution in [1.29, 1.82) is 0 Å². The van der Waals surface area contributed by atoms with Crippen LogP contribution in [0.15, 0.2) is 66.0 Å². The summed E-state index contributed by atoms with van der Waals surface area (Å²) in [7, 11) is 0. The minimum atomic E-state index is -2.88. The summed E-state index contributed by atoms with van der Waals surface area (Å²) in [6, 6.07) is 15.8. The predicted octanol–water partition coefficient (Wildman–Crippen LogP) is 3.72. The fraction of sp³-hybridized carbons (Fsp3) is 0.111. The Morgan fingerprint density at radius 2 is 1.85 bits per heavy atom. The van der Waals surface area contributed by atoms with E-state index in [4.69, 9.17) is 5.73 Å². The van der Waals surface area contributed by atoms with Crippen molar-refractivity contribution in [2.75, 3.05) is 5.75 Å². The number of rotatable bonds is 7. The standard InChI is InChI=1S/C18H15F2N3O2S/c19-17(20)25-14-8-6-13(7-9-14)23-15(12-4-2-1-3-5-12)10-22-18(23)26-11-16(21)24/h1-10,17H,11H2,(H2,21,24). The van der Waals surface area contributed by atoms with Gasteiger partial charge < -0.3 is 10.5 Å². The van der Waals surface area contributed by atoms with Gasteiger partial charge in [0.1, 0.15) is 5.75 Å². The molecule has 0 fully saturated rings. The van der Waals surface area contributed by atoms with Crippen molar-refractivity contribution >= 4 is 17.7 Å². The number of aromatic nitrogens is 2. The van der Waals surface area contributed by atoms with E-state index in [0.717, 1.165) is 11.3 Å². The van der Waals surface area contributed by atoms with Crippen LogP contribution in [0.1, 0.15) is 0 Å². The zero-order chi connectivity index (χ0) is 18.5. The lowest BCUT2D eigenvalue weighted by Crippen LogP contribution is -2.13. The quantitative estimate of drug-likeness (QED) is 0.639. The summed E-state index contributed by atoms with van der Waals surface area (Å²) in [6.45, 7) is -2.88. The molecule has 1 amide bonds. The minimum Gasteiger partial charge on any atom is -0.435 e. The molecule has 3 aromatic rings. The van der Waals surface area contributed by atoms with E-state index in [9.17, 15) is 13.6 Å². The molecule has 134 valence electrons. The van der Waals surface area contributed by atoms with Gasteiger partial charge in [-0.2, -0.15) is 8.78 Å². The summed E-state index contributed by atoms with van der Waals surface area (Å²) in [6.07, 6.45) is 1.70. The Labute approximate surface area is 152 Å². The first-order valence-electron chi connectivity index (χ1n) is 7.64. The largest absolute Gasteiger partial charge is 0.435 e. The Balaban J connectivity index is 2.02. The van der Waals surface area contributed by atoms with Gasteiger partial charge in [-0.3, -0.25) is 9.36 Å². The number of nitrogens with two attached hydrogens (primary N) is 1. The first kappa shape index (κ1) is 17.9. The highest BCUT2D eigenvalue weighted by molar-refractivity contribution is 7.99. The van der Waals surface area contributed by atoms with E-state index >= 15 is 0 Å². The number of hydrogen-bond acceptors (Lipinski definition) is 4. The lowest BCUT2D eigenvalue weighted by atomic mass is 10.1. The number of halogens is 2. The molecule has 26 heavy (non-hydrogen) atoms. The zero-order valence-corrected chi connectivity index (χ0v) is 14.3. The molecule has 0 atom stereocenters. The lowest BCUT2D eigenvalue weighted by molar-refractivity contribution is -0.115. The molecule has 1 heterocycles. The van der Waals surface area contributed by atoms with E-state index in [-0.39, 0.29) is 11.5 Å². The molecule has 0 aliphatic heterocycles. The summed E-state index contributed by atoms with van der Waals surface area (Å²) in [5.41, 5.74) is 7.67. The van der Waals surface area contributed by atoms with Gasteiger partial charge in [0, 0.05) is 11.3 Å². The van der Waals surface area contributed by atoms with Crippen LogP contribution in [0.2, 0.25) is 0 Å². The summed E-state index contributed by atoms with van der Waals surface area (Å²) in [5, 5.41) is 0.574. The molecule has 2 aromatic carbocycles. The first-order valence-corrected chi connectivity index (χ1v) is 8.62. The van der Waals surface area contributed by atoms with Crippen LogP contribution in [0, 0.1) is 0 Å². The Bertz CT molecular complexity index is 883. The molecule has 0 bridgehead atoms. The van der Waals surface area contributed by atoms with Crippen LogP contribution in [-0.2, 0) is 4.79 Å². The second kappa shape index (κ2) is 8.01. The Hall–Kier alpha value is -2.87. The third kappa shape index (κ3) is 4.20. The van der Waals surface area contributed by atoms with Gasteiger partial charge in [0.05, 0.1) is 17.6 Å². The molecule has 0 aliphatic rings. The number of primary amides is 1. The van der Waals surface area contributed by atoms with Crippen molar-refractivity contribution in [1.82, 2.24) is 9.55 Å². The van der Waals surface area contributed by atoms with Crippen molar-refractivity contribution in [2.45, 2.75) is 11.8 Å². The molecule has 0 saturated carbocycles. The van der Waals surface area contributed by atoms with Crippen LogP contribution in [0.5, 0.6) is 5.75 Å². The second-order valence-electron chi connectivity index (χ2n) is 5.25. The molecular weight excluding hydrogens is 360 g/mol. The third-order valence-corrected chi connectivity index (χ3v) is 4.44. The molecule has 5 nitrogen and oxygen atoms in total. The van der Waals surface area contributed by atoms with Crippen LogP contribution < -0.4 is 10.5 Å². The van der Waals surface area contributed by atoms with Gasteiger partial charge in [-0.15, -0.1) is 0 Å². The smallest absolute Gasteiger partial charge is 0.387 e. The van der Waals surface area contributed by atoms with Gasteiger partial charge in [0.2, 0.25) is 5.91 Å². The Kier molecular flexibility index (Phi) is 5.52. The number of nitrogens with zero attached hydrogens (tertiary/aromatic N) is 2. The highest BCUT2D eigenvalue weighted by Crippen LogP contribution is 2.30. The first-order chi connectivity index (χ1) is 12.5. The van der Waals surface area contributed by atoms with Crippen LogP contribution in [0.25, 0.3) is 16.9 Å². The highest BCUT2D eigenvalue weighted by atomic mass is 32.2. The normalized spacial score (nSPS) is 10.9. The average Bonchev–Trinajstić information content (AvgIpc) is 3.05. The van der Waals surface area contributed by atoms with Crippen LogP contribution in [0.3, 0.4) is 0 Å². The van der Waals surface area contributed by atoms with Gasteiger partial charge in [0.15, 0.2) is 5.16 Å². The maximum atomic E-state index is 12.3. The Morgan fingerprint density at radius 3 is 2.46 bits per heavy atom. The molecule has 0 radical (unpaired) electrons. The third-order valence-electron chi connectivity index (χ3n) is 3.46. The molecule has 3 rings (SSSR count). The highest BCUT2D eigenvalue weighted by Gasteiger charge is 2.15. The summed E-state index contributed by atoms with van der Waals surface area (Å²) in [5.74, 6) is -0.305. The van der Waals surface area contributed by atoms with E-state index < -0.39 is 12.5 Å². The number of ether oxygens (including phenoxy) is 1. The van der Waals surface area contributed by atoms with Crippen molar-refractivity contribution < 1.29 is 18.3 Å². The lowest BCUT2D eigenvalue weighted by Gasteiger charge is -2.13. The van der Waals surface area contributed by atoms with Crippen LogP contribution >= 0.6 is 11.8 Å². The predicted molar refractivity (Wildman–Crippen MR) is 95.6 cm³/mol. The average molecular weight is 375 g/mol. The van der Waals surface area contributed by atoms with Gasteiger partial charge in [-0.05, 0) is 24.3 Å². The number of carbonyl (C=O) groups is 1. The van der Waals surface area contributed by atoms with E-state index in [1.807, 2.05) is 34.9 Å². The number of benzene rings is 2. The molecule has 1 aromatic heterocycles. The summed E-state index contributed by atoms with van der Waals surface area (Å²) >= 11 is 1.21. The molecule has 2 N–H and O–H groups in total. The SMILES string of the molecule is NC(=O)CSc1ncc(-c2ccccc2)n1-c1ccc(OC(F)F)cc1. The monoisotopic (exact) mass is 375 g/mol. The molecule has 8 heteroatoms. The van der Waals surface area contributed by atoms with E-state index in [1.54, 1.807) is 18.3 Å². The number of carbonyl (C=O) groups excluding carboxylic acids is 1. The zero-order valence-electron chi connectivity index (χ0n) is 13.5. The van der Waals surface area contributed by atoms with E-state index in [1.165, 1.54) is 23.9 Å². The van der Waals surface area contributed by atoms with Gasteiger partial charge >= 0.3 is 6.61 Å². The van der Waals surface area contributed by atoms with Gasteiger partial charge in [-0.25, -0.2) is 4.98 Å². The van der Waals surface area contributed by atoms with E-state index in [2.05, 4.69) is 9.72 Å². The number of hydrogen-bond donors (Lipinski definition) is 1. The number of imidazole rings is 1. The maximum Gasteiger partial charge on any atom is 0.387 e. The summed E-state index contributed by atoms with van der Waals surface area (Å²) < 4.78 is 30.9. The van der Waals surface area contributed by atoms with Crippen molar-refractivity contribution in [3.8, 4) is 22.7 Å². The van der Waals surface area contributed by atoms with Crippen LogP contribution in [-0.4, -0.2) is 27.8 Å². The topological polar surface area (TPSA) is 70.1 Å². The Morgan fingerprint density at radius 1 is 1.15 bits per heavy atom. The van der Waals surface area contributed by atoms with E-state index in [0.29, 0.717) is 10.8 Å². The summed E-state index contributed by atoms with van der Waals surface area (Å²) in [4.78, 5) is 15.5. The molecular formula is C18H15F2N3O2S. The van der Waals surface area contributed by atoms with Crippen LogP contribution in [0.4, 0.5) is 8.78 Å². The van der Waals surface area contributed by atoms with Crippen molar-refractivity contribution in [3.05, 3.63) is 60.8 Å². The fourth-order valence-corrected chi connectivity index (χ4v) is 3.14. The maximum absolute atomic E-state index is 12.3.